The predicted octanol–water partition coefficient (Wildman–Crippen LogP) is 1.73. The number of aromatic nitrogens is 2. The van der Waals surface area contributed by atoms with Crippen molar-refractivity contribution in [1.82, 2.24) is 24.7 Å². The summed E-state index contributed by atoms with van der Waals surface area (Å²) in [7, 11) is -1.66. The lowest BCUT2D eigenvalue weighted by Gasteiger charge is -2.35. The van der Waals surface area contributed by atoms with Crippen molar-refractivity contribution in [2.75, 3.05) is 39.8 Å². The second-order valence-electron chi connectivity index (χ2n) is 7.67. The van der Waals surface area contributed by atoms with Crippen LogP contribution < -0.4 is 5.32 Å². The molecule has 1 saturated heterocycles. The number of sulfonamides is 1. The maximum atomic E-state index is 12.6. The average Bonchev–Trinajstić information content (AvgIpc) is 3.42. The van der Waals surface area contributed by atoms with Crippen LogP contribution in [0.15, 0.2) is 46.2 Å². The second kappa shape index (κ2) is 9.11. The highest BCUT2D eigenvalue weighted by molar-refractivity contribution is 7.88. The van der Waals surface area contributed by atoms with E-state index in [1.165, 1.54) is 27.1 Å². The van der Waals surface area contributed by atoms with Crippen molar-refractivity contribution >= 4 is 26.9 Å². The third kappa shape index (κ3) is 4.75. The van der Waals surface area contributed by atoms with E-state index in [1.807, 2.05) is 0 Å². The van der Waals surface area contributed by atoms with E-state index < -0.39 is 10.0 Å². The van der Waals surface area contributed by atoms with Crippen molar-refractivity contribution < 1.29 is 12.9 Å². The van der Waals surface area contributed by atoms with Gasteiger partial charge in [-0.25, -0.2) is 8.42 Å². The van der Waals surface area contributed by atoms with Crippen LogP contribution in [0.25, 0.3) is 10.9 Å². The van der Waals surface area contributed by atoms with Crippen molar-refractivity contribution in [3.63, 3.8) is 0 Å². The van der Waals surface area contributed by atoms with E-state index in [0.29, 0.717) is 31.9 Å². The maximum Gasteiger partial charge on any atom is 0.220 e. The molecule has 0 spiro atoms. The molecule has 166 valence electrons. The molecule has 1 aliphatic rings. The second-order valence-corrected chi connectivity index (χ2v) is 9.64. The Bertz CT molecular complexity index is 1150. The van der Waals surface area contributed by atoms with E-state index in [4.69, 9.17) is 4.52 Å². The standard InChI is InChI=1S/C21H28N6O3S/c1-16-4-3-5-19-20(16)17(14-24-19)6-8-23-21(22-2)26-9-11-27(12-10-26)31(28,29)15-18-7-13-30-25-18/h3-5,7,13-14,24H,6,8-12,15H2,1-2H3,(H,22,23). The number of aromatic amines is 1. The third-order valence-corrected chi connectivity index (χ3v) is 7.45. The van der Waals surface area contributed by atoms with Gasteiger partial charge in [-0.15, -0.1) is 0 Å². The highest BCUT2D eigenvalue weighted by atomic mass is 32.2. The summed E-state index contributed by atoms with van der Waals surface area (Å²) in [5.41, 5.74) is 4.12. The fourth-order valence-electron chi connectivity index (χ4n) is 4.06. The first-order chi connectivity index (χ1) is 15.0. The largest absolute Gasteiger partial charge is 0.364 e. The molecule has 31 heavy (non-hydrogen) atoms. The molecule has 3 heterocycles. The van der Waals surface area contributed by atoms with Gasteiger partial charge in [0.1, 0.15) is 12.0 Å². The van der Waals surface area contributed by atoms with Crippen molar-refractivity contribution in [2.24, 2.45) is 4.99 Å². The van der Waals surface area contributed by atoms with Crippen LogP contribution in [0.2, 0.25) is 0 Å². The molecule has 0 atom stereocenters. The summed E-state index contributed by atoms with van der Waals surface area (Å²) in [5.74, 6) is 0.658. The maximum absolute atomic E-state index is 12.6. The van der Waals surface area contributed by atoms with Gasteiger partial charge < -0.3 is 19.7 Å². The first-order valence-corrected chi connectivity index (χ1v) is 12.0. The van der Waals surface area contributed by atoms with Gasteiger partial charge in [-0.2, -0.15) is 4.31 Å². The van der Waals surface area contributed by atoms with Gasteiger partial charge in [0.15, 0.2) is 5.96 Å². The molecule has 0 radical (unpaired) electrons. The SMILES string of the molecule is CN=C(NCCc1c[nH]c2cccc(C)c12)N1CCN(S(=O)(=O)Cc2ccon2)CC1. The summed E-state index contributed by atoms with van der Waals surface area (Å²) in [6.07, 6.45) is 4.33. The lowest BCUT2D eigenvalue weighted by atomic mass is 10.1. The van der Waals surface area contributed by atoms with Gasteiger partial charge in [-0.3, -0.25) is 4.99 Å². The number of rotatable bonds is 6. The third-order valence-electron chi connectivity index (χ3n) is 5.64. The fraction of sp³-hybridized carbons (Fsp3) is 0.429. The van der Waals surface area contributed by atoms with Crippen LogP contribution in [-0.2, 0) is 22.2 Å². The normalized spacial score (nSPS) is 16.2. The van der Waals surface area contributed by atoms with E-state index in [1.54, 1.807) is 13.1 Å². The molecule has 1 aliphatic heterocycles. The molecule has 10 heteroatoms. The number of hydrogen-bond acceptors (Lipinski definition) is 5. The fourth-order valence-corrected chi connectivity index (χ4v) is 5.48. The number of aliphatic imine (C=N–C) groups is 1. The van der Waals surface area contributed by atoms with Crippen LogP contribution in [0.3, 0.4) is 0 Å². The number of hydrogen-bond donors (Lipinski definition) is 2. The molecule has 0 bridgehead atoms. The zero-order valence-electron chi connectivity index (χ0n) is 17.8. The topological polar surface area (TPSA) is 107 Å². The number of H-pyrrole nitrogens is 1. The van der Waals surface area contributed by atoms with Gasteiger partial charge in [0.2, 0.25) is 10.0 Å². The molecular formula is C21H28N6O3S. The predicted molar refractivity (Wildman–Crippen MR) is 120 cm³/mol. The van der Waals surface area contributed by atoms with Crippen LogP contribution >= 0.6 is 0 Å². The Morgan fingerprint density at radius 3 is 2.77 bits per heavy atom. The van der Waals surface area contributed by atoms with E-state index in [0.717, 1.165) is 24.4 Å². The summed E-state index contributed by atoms with van der Waals surface area (Å²) in [4.78, 5) is 9.83. The van der Waals surface area contributed by atoms with Crippen molar-refractivity contribution in [3.8, 4) is 0 Å². The highest BCUT2D eigenvalue weighted by Gasteiger charge is 2.28. The Hall–Kier alpha value is -2.85. The molecular weight excluding hydrogens is 416 g/mol. The van der Waals surface area contributed by atoms with Crippen LogP contribution in [0, 0.1) is 6.92 Å². The van der Waals surface area contributed by atoms with Gasteiger partial charge in [-0.1, -0.05) is 17.3 Å². The monoisotopic (exact) mass is 444 g/mol. The molecule has 0 unspecified atom stereocenters. The molecule has 0 aliphatic carbocycles. The van der Waals surface area contributed by atoms with Gasteiger partial charge in [0.25, 0.3) is 0 Å². The van der Waals surface area contributed by atoms with Crippen LogP contribution in [-0.4, -0.2) is 73.5 Å². The van der Waals surface area contributed by atoms with Gasteiger partial charge in [-0.05, 0) is 30.5 Å². The summed E-state index contributed by atoms with van der Waals surface area (Å²) < 4.78 is 31.5. The molecule has 9 nitrogen and oxygen atoms in total. The zero-order valence-corrected chi connectivity index (χ0v) is 18.7. The average molecular weight is 445 g/mol. The summed E-state index contributed by atoms with van der Waals surface area (Å²) in [6, 6.07) is 7.86. The number of nitrogens with one attached hydrogen (secondary N) is 2. The summed E-state index contributed by atoms with van der Waals surface area (Å²) >= 11 is 0. The smallest absolute Gasteiger partial charge is 0.220 e. The van der Waals surface area contributed by atoms with Gasteiger partial charge >= 0.3 is 0 Å². The van der Waals surface area contributed by atoms with Crippen molar-refractivity contribution in [3.05, 3.63) is 53.5 Å². The Morgan fingerprint density at radius 2 is 2.06 bits per heavy atom. The lowest BCUT2D eigenvalue weighted by molar-refractivity contribution is 0.260. The molecule has 1 fully saturated rings. The Balaban J connectivity index is 1.30. The number of benzene rings is 1. The molecule has 2 aromatic heterocycles. The molecule has 2 N–H and O–H groups in total. The molecule has 4 rings (SSSR count). The van der Waals surface area contributed by atoms with E-state index in [-0.39, 0.29) is 5.75 Å². The quantitative estimate of drug-likeness (QED) is 0.443. The minimum Gasteiger partial charge on any atom is -0.364 e. The number of guanidine groups is 1. The summed E-state index contributed by atoms with van der Waals surface area (Å²) in [6.45, 7) is 4.89. The van der Waals surface area contributed by atoms with Gasteiger partial charge in [0, 0.05) is 62.9 Å². The minimum absolute atomic E-state index is 0.138. The van der Waals surface area contributed by atoms with Crippen molar-refractivity contribution in [2.45, 2.75) is 19.1 Å². The Labute approximate surface area is 182 Å². The number of piperazine rings is 1. The highest BCUT2D eigenvalue weighted by Crippen LogP contribution is 2.22. The number of nitrogens with zero attached hydrogens (tertiary/aromatic N) is 4. The number of fused-ring (bicyclic) bond motifs is 1. The zero-order chi connectivity index (χ0) is 21.8. The molecule has 0 amide bonds. The van der Waals surface area contributed by atoms with Crippen LogP contribution in [0.4, 0.5) is 0 Å². The molecule has 3 aromatic rings. The molecule has 0 saturated carbocycles. The van der Waals surface area contributed by atoms with Crippen LogP contribution in [0.5, 0.6) is 0 Å². The Kier molecular flexibility index (Phi) is 6.28. The van der Waals surface area contributed by atoms with Crippen LogP contribution in [0.1, 0.15) is 16.8 Å². The molecule has 1 aromatic carbocycles. The van der Waals surface area contributed by atoms with Crippen molar-refractivity contribution in [1.29, 1.82) is 0 Å². The first kappa shape index (κ1) is 21.4. The first-order valence-electron chi connectivity index (χ1n) is 10.4. The lowest BCUT2D eigenvalue weighted by Crippen LogP contribution is -2.54. The van der Waals surface area contributed by atoms with E-state index >= 15 is 0 Å². The summed E-state index contributed by atoms with van der Waals surface area (Å²) in [5, 5.41) is 8.42. The van der Waals surface area contributed by atoms with Gasteiger partial charge in [0.05, 0.1) is 5.69 Å². The number of aryl methyl sites for hydroxylation is 1. The van der Waals surface area contributed by atoms with E-state index in [2.05, 4.69) is 56.7 Å². The minimum atomic E-state index is -3.41. The Morgan fingerprint density at radius 1 is 1.26 bits per heavy atom. The van der Waals surface area contributed by atoms with E-state index in [9.17, 15) is 8.42 Å².